The van der Waals surface area contributed by atoms with E-state index in [4.69, 9.17) is 0 Å². The largest absolute Gasteiger partial charge is 0.321 e. The highest BCUT2D eigenvalue weighted by Gasteiger charge is 2.18. The molecule has 0 unspecified atom stereocenters. The fourth-order valence-corrected chi connectivity index (χ4v) is 3.03. The molecule has 0 spiro atoms. The molecule has 27 heavy (non-hydrogen) atoms. The molecule has 4 rings (SSSR count). The van der Waals surface area contributed by atoms with Crippen molar-refractivity contribution in [1.29, 1.82) is 0 Å². The number of ketones is 1. The van der Waals surface area contributed by atoms with Gasteiger partial charge in [-0.3, -0.25) is 9.59 Å². The summed E-state index contributed by atoms with van der Waals surface area (Å²) in [6.07, 6.45) is 7.59. The number of hydrogen-bond acceptors (Lipinski definition) is 4. The molecular formula is C22H15N3O2. The molecule has 0 aliphatic rings. The lowest BCUT2D eigenvalue weighted by Crippen LogP contribution is -2.18. The summed E-state index contributed by atoms with van der Waals surface area (Å²) in [5, 5.41) is 0.822. The minimum atomic E-state index is -0.411. The van der Waals surface area contributed by atoms with E-state index in [0.717, 1.165) is 10.9 Å². The van der Waals surface area contributed by atoms with Crippen molar-refractivity contribution in [3.63, 3.8) is 0 Å². The van der Waals surface area contributed by atoms with Crippen molar-refractivity contribution in [3.05, 3.63) is 101 Å². The molecule has 5 nitrogen and oxygen atoms in total. The Labute approximate surface area is 155 Å². The average molecular weight is 353 g/mol. The van der Waals surface area contributed by atoms with Crippen molar-refractivity contribution < 1.29 is 4.79 Å². The summed E-state index contributed by atoms with van der Waals surface area (Å²) < 4.78 is 0. The second-order valence-electron chi connectivity index (χ2n) is 5.99. The van der Waals surface area contributed by atoms with Crippen molar-refractivity contribution in [2.45, 2.75) is 0 Å². The topological polar surface area (TPSA) is 75.7 Å². The number of hydrogen-bond donors (Lipinski definition) is 1. The highest BCUT2D eigenvalue weighted by atomic mass is 16.1. The van der Waals surface area contributed by atoms with Gasteiger partial charge in [0.15, 0.2) is 5.78 Å². The third-order valence-electron chi connectivity index (χ3n) is 4.24. The maximum absolute atomic E-state index is 12.9. The molecular weight excluding hydrogens is 338 g/mol. The summed E-state index contributed by atoms with van der Waals surface area (Å²) in [6.45, 7) is 0. The van der Waals surface area contributed by atoms with E-state index in [1.807, 2.05) is 54.6 Å². The van der Waals surface area contributed by atoms with E-state index in [2.05, 4.69) is 15.0 Å². The molecule has 2 aromatic heterocycles. The summed E-state index contributed by atoms with van der Waals surface area (Å²) in [5.41, 5.74) is 2.54. The standard InChI is InChI=1S/C22H15N3O2/c26-19(11-10-15-12-23-14-24-13-15)21-20(16-6-2-1-3-7-16)17-8-4-5-9-18(17)25-22(21)27/h1-14H,(H,25,27)/b11-10+. The van der Waals surface area contributed by atoms with E-state index in [0.29, 0.717) is 16.6 Å². The zero-order valence-electron chi connectivity index (χ0n) is 14.3. The number of pyridine rings is 1. The van der Waals surface area contributed by atoms with Crippen LogP contribution in [-0.2, 0) is 0 Å². The molecule has 2 aromatic carbocycles. The van der Waals surface area contributed by atoms with Gasteiger partial charge in [-0.25, -0.2) is 9.97 Å². The Morgan fingerprint density at radius 2 is 1.63 bits per heavy atom. The summed E-state index contributed by atoms with van der Waals surface area (Å²) in [6, 6.07) is 16.9. The van der Waals surface area contributed by atoms with E-state index >= 15 is 0 Å². The van der Waals surface area contributed by atoms with Gasteiger partial charge in [0.1, 0.15) is 6.33 Å². The number of carbonyl (C=O) groups is 1. The molecule has 0 saturated heterocycles. The van der Waals surface area contributed by atoms with Gasteiger partial charge in [-0.05, 0) is 23.8 Å². The van der Waals surface area contributed by atoms with Crippen LogP contribution in [0.25, 0.3) is 28.1 Å². The van der Waals surface area contributed by atoms with Gasteiger partial charge in [-0.15, -0.1) is 0 Å². The number of aromatic nitrogens is 3. The zero-order valence-corrected chi connectivity index (χ0v) is 14.3. The van der Waals surface area contributed by atoms with Crippen molar-refractivity contribution in [1.82, 2.24) is 15.0 Å². The van der Waals surface area contributed by atoms with Gasteiger partial charge in [0, 0.05) is 34.4 Å². The fraction of sp³-hybridized carbons (Fsp3) is 0. The van der Waals surface area contributed by atoms with E-state index < -0.39 is 5.56 Å². The highest BCUT2D eigenvalue weighted by Crippen LogP contribution is 2.29. The van der Waals surface area contributed by atoms with Crippen LogP contribution in [0.5, 0.6) is 0 Å². The Morgan fingerprint density at radius 3 is 2.41 bits per heavy atom. The van der Waals surface area contributed by atoms with Crippen LogP contribution in [0.2, 0.25) is 0 Å². The minimum Gasteiger partial charge on any atom is -0.321 e. The van der Waals surface area contributed by atoms with Crippen LogP contribution in [0.1, 0.15) is 15.9 Å². The Balaban J connectivity index is 1.92. The Morgan fingerprint density at radius 1 is 0.926 bits per heavy atom. The molecule has 0 aliphatic carbocycles. The molecule has 0 fully saturated rings. The zero-order chi connectivity index (χ0) is 18.6. The quantitative estimate of drug-likeness (QED) is 0.446. The summed E-state index contributed by atoms with van der Waals surface area (Å²) >= 11 is 0. The molecule has 5 heteroatoms. The first-order valence-corrected chi connectivity index (χ1v) is 8.42. The number of nitrogens with zero attached hydrogens (tertiary/aromatic N) is 2. The van der Waals surface area contributed by atoms with Crippen LogP contribution < -0.4 is 5.56 Å². The predicted octanol–water partition coefficient (Wildman–Crippen LogP) is 3.88. The minimum absolute atomic E-state index is 0.119. The third-order valence-corrected chi connectivity index (χ3v) is 4.24. The Hall–Kier alpha value is -3.86. The molecule has 0 aliphatic heterocycles. The van der Waals surface area contributed by atoms with Crippen LogP contribution in [0.15, 0.2) is 84.2 Å². The van der Waals surface area contributed by atoms with Gasteiger partial charge in [-0.2, -0.15) is 0 Å². The maximum atomic E-state index is 12.9. The SMILES string of the molecule is O=C(/C=C/c1cncnc1)c1c(-c2ccccc2)c2ccccc2[nH]c1=O. The molecule has 0 amide bonds. The molecule has 4 aromatic rings. The number of para-hydroxylation sites is 1. The third kappa shape index (κ3) is 3.30. The number of aromatic amines is 1. The molecule has 0 radical (unpaired) electrons. The van der Waals surface area contributed by atoms with Gasteiger partial charge < -0.3 is 4.98 Å². The van der Waals surface area contributed by atoms with Gasteiger partial charge in [-0.1, -0.05) is 48.5 Å². The van der Waals surface area contributed by atoms with Gasteiger partial charge >= 0.3 is 0 Å². The number of carbonyl (C=O) groups excluding carboxylic acids is 1. The Bertz CT molecular complexity index is 1200. The van der Waals surface area contributed by atoms with Crippen molar-refractivity contribution >= 4 is 22.8 Å². The lowest BCUT2D eigenvalue weighted by atomic mass is 9.94. The molecule has 1 N–H and O–H groups in total. The van der Waals surface area contributed by atoms with E-state index in [1.54, 1.807) is 18.5 Å². The van der Waals surface area contributed by atoms with Crippen LogP contribution in [0.4, 0.5) is 0 Å². The second-order valence-corrected chi connectivity index (χ2v) is 5.99. The van der Waals surface area contributed by atoms with Crippen molar-refractivity contribution in [2.24, 2.45) is 0 Å². The smallest absolute Gasteiger partial charge is 0.260 e. The number of benzene rings is 2. The lowest BCUT2D eigenvalue weighted by molar-refractivity contribution is 0.104. The molecule has 0 bridgehead atoms. The normalized spacial score (nSPS) is 11.1. The summed E-state index contributed by atoms with van der Waals surface area (Å²) in [7, 11) is 0. The lowest BCUT2D eigenvalue weighted by Gasteiger charge is -2.11. The van der Waals surface area contributed by atoms with Crippen LogP contribution in [0, 0.1) is 0 Å². The van der Waals surface area contributed by atoms with E-state index in [9.17, 15) is 9.59 Å². The number of rotatable bonds is 4. The van der Waals surface area contributed by atoms with Crippen LogP contribution >= 0.6 is 0 Å². The molecule has 2 heterocycles. The van der Waals surface area contributed by atoms with Crippen molar-refractivity contribution in [3.8, 4) is 11.1 Å². The van der Waals surface area contributed by atoms with E-state index in [-0.39, 0.29) is 11.3 Å². The number of allylic oxidation sites excluding steroid dienone is 1. The monoisotopic (exact) mass is 353 g/mol. The molecule has 130 valence electrons. The maximum Gasteiger partial charge on any atom is 0.260 e. The number of fused-ring (bicyclic) bond motifs is 1. The van der Waals surface area contributed by atoms with Gasteiger partial charge in [0.25, 0.3) is 5.56 Å². The summed E-state index contributed by atoms with van der Waals surface area (Å²) in [4.78, 5) is 36.3. The number of nitrogens with one attached hydrogen (secondary N) is 1. The van der Waals surface area contributed by atoms with E-state index in [1.165, 1.54) is 12.4 Å². The van der Waals surface area contributed by atoms with Crippen LogP contribution in [0.3, 0.4) is 0 Å². The Kier molecular flexibility index (Phi) is 4.41. The molecule has 0 saturated carbocycles. The first kappa shape index (κ1) is 16.6. The first-order valence-electron chi connectivity index (χ1n) is 8.42. The van der Waals surface area contributed by atoms with Crippen molar-refractivity contribution in [2.75, 3.05) is 0 Å². The average Bonchev–Trinajstić information content (AvgIpc) is 2.72. The highest BCUT2D eigenvalue weighted by molar-refractivity contribution is 6.15. The van der Waals surface area contributed by atoms with Crippen LogP contribution in [-0.4, -0.2) is 20.7 Å². The fourth-order valence-electron chi connectivity index (χ4n) is 3.03. The number of H-pyrrole nitrogens is 1. The predicted molar refractivity (Wildman–Crippen MR) is 105 cm³/mol. The summed E-state index contributed by atoms with van der Waals surface area (Å²) in [5.74, 6) is -0.371. The molecule has 0 atom stereocenters. The van der Waals surface area contributed by atoms with Gasteiger partial charge in [0.05, 0.1) is 5.56 Å². The van der Waals surface area contributed by atoms with Gasteiger partial charge in [0.2, 0.25) is 0 Å². The first-order chi connectivity index (χ1) is 13.2. The second kappa shape index (κ2) is 7.17.